The number of aromatic nitrogens is 1. The molecule has 0 aliphatic rings. The minimum absolute atomic E-state index is 0.135. The second kappa shape index (κ2) is 6.20. The lowest BCUT2D eigenvalue weighted by atomic mass is 10.1. The van der Waals surface area contributed by atoms with Crippen LogP contribution in [0.4, 0.5) is 0 Å². The Hall–Kier alpha value is -0.450. The third-order valence-electron chi connectivity index (χ3n) is 2.34. The maximum Gasteiger partial charge on any atom is 0.0587 e. The third kappa shape index (κ3) is 4.28. The zero-order valence-electron chi connectivity index (χ0n) is 9.07. The van der Waals surface area contributed by atoms with Crippen LogP contribution in [0.1, 0.15) is 19.5 Å². The minimum Gasteiger partial charge on any atom is -0.395 e. The van der Waals surface area contributed by atoms with Gasteiger partial charge in [-0.05, 0) is 34.0 Å². The summed E-state index contributed by atoms with van der Waals surface area (Å²) in [5.74, 6) is 0.422. The summed E-state index contributed by atoms with van der Waals surface area (Å²) in [6.07, 6.45) is 1.78. The van der Waals surface area contributed by atoms with E-state index in [0.717, 1.165) is 10.2 Å². The Morgan fingerprint density at radius 3 is 2.67 bits per heavy atom. The van der Waals surface area contributed by atoms with Gasteiger partial charge in [0.2, 0.25) is 0 Å². The lowest BCUT2D eigenvalue weighted by molar-refractivity contribution is 0.209. The lowest BCUT2D eigenvalue weighted by Gasteiger charge is -2.19. The van der Waals surface area contributed by atoms with Gasteiger partial charge in [-0.15, -0.1) is 0 Å². The van der Waals surface area contributed by atoms with Crippen molar-refractivity contribution >= 4 is 15.9 Å². The molecule has 0 saturated carbocycles. The highest BCUT2D eigenvalue weighted by Gasteiger charge is 2.10. The molecule has 1 atom stereocenters. The third-order valence-corrected chi connectivity index (χ3v) is 2.80. The summed E-state index contributed by atoms with van der Waals surface area (Å²) in [5, 5.41) is 12.4. The second-order valence-electron chi connectivity index (χ2n) is 3.88. The van der Waals surface area contributed by atoms with Gasteiger partial charge in [-0.25, -0.2) is 0 Å². The van der Waals surface area contributed by atoms with Gasteiger partial charge in [-0.3, -0.25) is 4.98 Å². The van der Waals surface area contributed by atoms with E-state index in [-0.39, 0.29) is 12.6 Å². The van der Waals surface area contributed by atoms with Crippen LogP contribution >= 0.6 is 15.9 Å². The summed E-state index contributed by atoms with van der Waals surface area (Å²) >= 11 is 3.34. The van der Waals surface area contributed by atoms with E-state index in [1.807, 2.05) is 12.1 Å². The Balaban J connectivity index is 2.45. The predicted molar refractivity (Wildman–Crippen MR) is 64.5 cm³/mol. The number of aliphatic hydroxyl groups excluding tert-OH is 1. The molecular formula is C11H17BrN2O. The van der Waals surface area contributed by atoms with Crippen molar-refractivity contribution in [1.82, 2.24) is 10.3 Å². The predicted octanol–water partition coefficient (Wildman–Crippen LogP) is 1.95. The smallest absolute Gasteiger partial charge is 0.0587 e. The van der Waals surface area contributed by atoms with Gasteiger partial charge in [-0.2, -0.15) is 0 Å². The summed E-state index contributed by atoms with van der Waals surface area (Å²) < 4.78 is 0.980. The molecule has 0 amide bonds. The maximum absolute atomic E-state index is 9.13. The van der Waals surface area contributed by atoms with Gasteiger partial charge in [0.15, 0.2) is 0 Å². The van der Waals surface area contributed by atoms with Crippen molar-refractivity contribution in [3.05, 3.63) is 28.5 Å². The minimum atomic E-state index is 0.135. The maximum atomic E-state index is 9.13. The number of hydrogen-bond acceptors (Lipinski definition) is 3. The van der Waals surface area contributed by atoms with Crippen molar-refractivity contribution < 1.29 is 5.11 Å². The monoisotopic (exact) mass is 272 g/mol. The second-order valence-corrected chi connectivity index (χ2v) is 4.80. The average Bonchev–Trinajstić information content (AvgIpc) is 2.21. The number of aliphatic hydroxyl groups is 1. The summed E-state index contributed by atoms with van der Waals surface area (Å²) in [7, 11) is 0. The fraction of sp³-hybridized carbons (Fsp3) is 0.545. The summed E-state index contributed by atoms with van der Waals surface area (Å²) in [4.78, 5) is 4.25. The molecule has 15 heavy (non-hydrogen) atoms. The molecule has 0 saturated heterocycles. The topological polar surface area (TPSA) is 45.1 Å². The van der Waals surface area contributed by atoms with Gasteiger partial charge < -0.3 is 10.4 Å². The van der Waals surface area contributed by atoms with Crippen LogP contribution in [0.25, 0.3) is 0 Å². The van der Waals surface area contributed by atoms with Crippen LogP contribution in [0, 0.1) is 5.92 Å². The van der Waals surface area contributed by atoms with Crippen molar-refractivity contribution in [2.24, 2.45) is 5.92 Å². The Morgan fingerprint density at radius 2 is 2.20 bits per heavy atom. The molecule has 0 radical (unpaired) electrons. The largest absolute Gasteiger partial charge is 0.395 e. The number of rotatable bonds is 5. The number of nitrogens with one attached hydrogen (secondary N) is 1. The van der Waals surface area contributed by atoms with E-state index in [9.17, 15) is 0 Å². The van der Waals surface area contributed by atoms with Gasteiger partial charge in [0.25, 0.3) is 0 Å². The molecule has 0 aliphatic heterocycles. The van der Waals surface area contributed by atoms with Crippen LogP contribution in [0.5, 0.6) is 0 Å². The molecule has 1 rings (SSSR count). The molecule has 0 aromatic carbocycles. The van der Waals surface area contributed by atoms with E-state index < -0.39 is 0 Å². The van der Waals surface area contributed by atoms with E-state index in [0.29, 0.717) is 12.5 Å². The van der Waals surface area contributed by atoms with Crippen LogP contribution in [0.3, 0.4) is 0 Å². The van der Waals surface area contributed by atoms with Crippen molar-refractivity contribution in [3.8, 4) is 0 Å². The van der Waals surface area contributed by atoms with Crippen LogP contribution < -0.4 is 5.32 Å². The number of nitrogens with zero attached hydrogens (tertiary/aromatic N) is 1. The first-order valence-corrected chi connectivity index (χ1v) is 5.87. The fourth-order valence-corrected chi connectivity index (χ4v) is 1.49. The number of hydrogen-bond donors (Lipinski definition) is 2. The van der Waals surface area contributed by atoms with Crippen molar-refractivity contribution in [2.45, 2.75) is 26.4 Å². The fourth-order valence-electron chi connectivity index (χ4n) is 1.26. The molecule has 0 bridgehead atoms. The van der Waals surface area contributed by atoms with Gasteiger partial charge in [0, 0.05) is 23.3 Å². The Kier molecular flexibility index (Phi) is 5.22. The first-order chi connectivity index (χ1) is 7.13. The first kappa shape index (κ1) is 12.6. The molecule has 1 aromatic heterocycles. The Morgan fingerprint density at radius 1 is 1.47 bits per heavy atom. The van der Waals surface area contributed by atoms with Gasteiger partial charge in [0.05, 0.1) is 12.3 Å². The van der Waals surface area contributed by atoms with Crippen molar-refractivity contribution in [2.75, 3.05) is 6.61 Å². The molecule has 84 valence electrons. The van der Waals surface area contributed by atoms with Crippen molar-refractivity contribution in [1.29, 1.82) is 0 Å². The van der Waals surface area contributed by atoms with Crippen LogP contribution in [0.2, 0.25) is 0 Å². The van der Waals surface area contributed by atoms with Gasteiger partial charge in [0.1, 0.15) is 0 Å². The highest BCUT2D eigenvalue weighted by atomic mass is 79.9. The van der Waals surface area contributed by atoms with Crippen LogP contribution in [-0.2, 0) is 6.54 Å². The van der Waals surface area contributed by atoms with Crippen LogP contribution in [-0.4, -0.2) is 22.7 Å². The summed E-state index contributed by atoms with van der Waals surface area (Å²) in [6.45, 7) is 5.02. The molecule has 4 heteroatoms. The van der Waals surface area contributed by atoms with E-state index in [1.54, 1.807) is 6.20 Å². The zero-order valence-corrected chi connectivity index (χ0v) is 10.7. The lowest BCUT2D eigenvalue weighted by Crippen LogP contribution is -2.36. The molecule has 0 unspecified atom stereocenters. The van der Waals surface area contributed by atoms with Crippen molar-refractivity contribution in [3.63, 3.8) is 0 Å². The highest BCUT2D eigenvalue weighted by molar-refractivity contribution is 9.10. The molecular weight excluding hydrogens is 256 g/mol. The van der Waals surface area contributed by atoms with Gasteiger partial charge in [-0.1, -0.05) is 13.8 Å². The average molecular weight is 273 g/mol. The highest BCUT2D eigenvalue weighted by Crippen LogP contribution is 2.08. The van der Waals surface area contributed by atoms with E-state index >= 15 is 0 Å². The molecule has 0 aliphatic carbocycles. The van der Waals surface area contributed by atoms with E-state index in [4.69, 9.17) is 5.11 Å². The normalized spacial score (nSPS) is 13.1. The summed E-state index contributed by atoms with van der Waals surface area (Å²) in [5.41, 5.74) is 0.984. The standard InChI is InChI=1S/C11H17BrN2O/c1-8(2)11(7-15)14-6-10-4-3-9(12)5-13-10/h3-5,8,11,14-15H,6-7H2,1-2H3/t11-/m1/s1. The molecule has 2 N–H and O–H groups in total. The Labute approximate surface area is 99.1 Å². The SMILES string of the molecule is CC(C)[C@@H](CO)NCc1ccc(Br)cn1. The molecule has 0 spiro atoms. The van der Waals surface area contributed by atoms with E-state index in [1.165, 1.54) is 0 Å². The molecule has 1 aromatic rings. The zero-order chi connectivity index (χ0) is 11.3. The Bertz CT molecular complexity index is 287. The van der Waals surface area contributed by atoms with Crippen LogP contribution in [0.15, 0.2) is 22.8 Å². The van der Waals surface area contributed by atoms with Gasteiger partial charge >= 0.3 is 0 Å². The summed E-state index contributed by atoms with van der Waals surface area (Å²) in [6, 6.07) is 4.06. The van der Waals surface area contributed by atoms with E-state index in [2.05, 4.69) is 40.1 Å². The molecule has 0 fully saturated rings. The first-order valence-electron chi connectivity index (χ1n) is 5.08. The quantitative estimate of drug-likeness (QED) is 0.862. The number of pyridine rings is 1. The molecule has 3 nitrogen and oxygen atoms in total. The molecule has 1 heterocycles. The number of halogens is 1.